The van der Waals surface area contributed by atoms with E-state index in [1.54, 1.807) is 0 Å². The maximum absolute atomic E-state index is 13.5. The number of likely N-dealkylation sites (tertiary alicyclic amines) is 1. The first-order valence-electron chi connectivity index (χ1n) is 12.6. The van der Waals surface area contributed by atoms with Crippen LogP contribution in [0, 0.1) is 5.41 Å². The molecule has 2 fully saturated rings. The Hall–Kier alpha value is -3.35. The van der Waals surface area contributed by atoms with E-state index in [1.807, 2.05) is 31.2 Å². The van der Waals surface area contributed by atoms with Crippen LogP contribution in [0.25, 0.3) is 11.1 Å². The number of carbonyl (C=O) groups is 3. The molecule has 3 atom stereocenters. The quantitative estimate of drug-likeness (QED) is 0.660. The number of nitrogens with zero attached hydrogens (tertiary/aromatic N) is 1. The molecule has 1 heterocycles. The van der Waals surface area contributed by atoms with Gasteiger partial charge in [-0.1, -0.05) is 55.0 Å². The molecule has 0 spiro atoms. The molecule has 1 saturated heterocycles. The van der Waals surface area contributed by atoms with Crippen molar-refractivity contribution in [2.24, 2.45) is 5.41 Å². The van der Waals surface area contributed by atoms with Crippen LogP contribution in [0.3, 0.4) is 0 Å². The van der Waals surface area contributed by atoms with E-state index in [4.69, 9.17) is 4.74 Å². The Morgan fingerprint density at radius 3 is 2.31 bits per heavy atom. The lowest BCUT2D eigenvalue weighted by atomic mass is 9.82. The number of alkyl carbamates (subject to hydrolysis) is 1. The highest BCUT2D eigenvalue weighted by molar-refractivity contribution is 5.89. The van der Waals surface area contributed by atoms with Gasteiger partial charge in [0.15, 0.2) is 0 Å². The Balaban J connectivity index is 1.26. The topological polar surface area (TPSA) is 95.9 Å². The lowest BCUT2D eigenvalue weighted by Crippen LogP contribution is -2.57. The lowest BCUT2D eigenvalue weighted by molar-refractivity contribution is -0.157. The summed E-state index contributed by atoms with van der Waals surface area (Å²) >= 11 is 0. The van der Waals surface area contributed by atoms with Gasteiger partial charge >= 0.3 is 12.1 Å². The van der Waals surface area contributed by atoms with Crippen LogP contribution in [-0.2, 0) is 14.3 Å². The van der Waals surface area contributed by atoms with Crippen LogP contribution in [0.4, 0.5) is 4.79 Å². The van der Waals surface area contributed by atoms with Crippen LogP contribution >= 0.6 is 0 Å². The largest absolute Gasteiger partial charge is 0.480 e. The van der Waals surface area contributed by atoms with Gasteiger partial charge in [0.1, 0.15) is 12.6 Å². The fraction of sp³-hybridized carbons (Fsp3) is 0.464. The van der Waals surface area contributed by atoms with Crippen LogP contribution in [0.15, 0.2) is 48.5 Å². The number of amides is 2. The molecule has 2 aromatic rings. The highest BCUT2D eigenvalue weighted by Gasteiger charge is 2.50. The zero-order chi connectivity index (χ0) is 24.6. The predicted octanol–water partition coefficient (Wildman–Crippen LogP) is 4.55. The molecule has 5 rings (SSSR count). The lowest BCUT2D eigenvalue weighted by Gasteiger charge is -2.40. The molecule has 1 saturated carbocycles. The van der Waals surface area contributed by atoms with Crippen molar-refractivity contribution in [2.45, 2.75) is 63.5 Å². The normalized spacial score (nSPS) is 25.6. The van der Waals surface area contributed by atoms with Gasteiger partial charge in [-0.25, -0.2) is 9.59 Å². The number of hydrogen-bond donors (Lipinski definition) is 2. The molecule has 2 unspecified atom stereocenters. The summed E-state index contributed by atoms with van der Waals surface area (Å²) in [6, 6.07) is 15.2. The fourth-order valence-electron chi connectivity index (χ4n) is 6.20. The summed E-state index contributed by atoms with van der Waals surface area (Å²) in [4.78, 5) is 39.7. The van der Waals surface area contributed by atoms with Gasteiger partial charge in [-0.05, 0) is 61.3 Å². The molecule has 2 N–H and O–H groups in total. The number of ether oxygens (including phenoxy) is 1. The molecule has 35 heavy (non-hydrogen) atoms. The number of carboxylic acid groups (broad SMARTS) is 1. The van der Waals surface area contributed by atoms with Crippen molar-refractivity contribution in [3.63, 3.8) is 0 Å². The van der Waals surface area contributed by atoms with Crippen LogP contribution < -0.4 is 5.32 Å². The molecule has 7 heteroatoms. The molecule has 0 bridgehead atoms. The Labute approximate surface area is 205 Å². The molecule has 3 aliphatic rings. The summed E-state index contributed by atoms with van der Waals surface area (Å²) in [6.45, 7) is 2.51. The SMILES string of the molecule is CC1(C(=O)N2CCCC[C@H]2C(=O)O)CCCC1NC(=O)OCC1c2ccccc2-c2ccccc21. The molecule has 2 amide bonds. The summed E-state index contributed by atoms with van der Waals surface area (Å²) in [7, 11) is 0. The van der Waals surface area contributed by atoms with Crippen LogP contribution in [0.2, 0.25) is 0 Å². The molecule has 2 aliphatic carbocycles. The molecular formula is C28H32N2O5. The van der Waals surface area contributed by atoms with E-state index in [0.717, 1.165) is 30.4 Å². The van der Waals surface area contributed by atoms with Crippen LogP contribution in [0.5, 0.6) is 0 Å². The van der Waals surface area contributed by atoms with Gasteiger partial charge in [0.05, 0.1) is 5.41 Å². The minimum Gasteiger partial charge on any atom is -0.480 e. The van der Waals surface area contributed by atoms with Gasteiger partial charge < -0.3 is 20.1 Å². The van der Waals surface area contributed by atoms with Gasteiger partial charge in [-0.2, -0.15) is 0 Å². The average Bonchev–Trinajstić information content (AvgIpc) is 3.40. The summed E-state index contributed by atoms with van der Waals surface area (Å²) in [5, 5.41) is 12.6. The number of fused-ring (bicyclic) bond motifs is 3. The summed E-state index contributed by atoms with van der Waals surface area (Å²) in [5.41, 5.74) is 3.79. The number of benzene rings is 2. The second-order valence-corrected chi connectivity index (χ2v) is 10.2. The Morgan fingerprint density at radius 2 is 1.66 bits per heavy atom. The summed E-state index contributed by atoms with van der Waals surface area (Å²) < 4.78 is 5.71. The minimum atomic E-state index is -0.958. The number of rotatable bonds is 5. The highest BCUT2D eigenvalue weighted by Crippen LogP contribution is 2.45. The molecular weight excluding hydrogens is 444 g/mol. The first-order chi connectivity index (χ1) is 16.9. The van der Waals surface area contributed by atoms with E-state index in [9.17, 15) is 19.5 Å². The van der Waals surface area contributed by atoms with Gasteiger partial charge in [0.2, 0.25) is 5.91 Å². The van der Waals surface area contributed by atoms with Crippen LogP contribution in [-0.4, -0.2) is 53.2 Å². The Kier molecular flexibility index (Phi) is 6.26. The Morgan fingerprint density at radius 1 is 1.00 bits per heavy atom. The van der Waals surface area contributed by atoms with E-state index in [-0.39, 0.29) is 24.5 Å². The first-order valence-corrected chi connectivity index (χ1v) is 12.6. The summed E-state index contributed by atoms with van der Waals surface area (Å²) in [5.74, 6) is -1.17. The smallest absolute Gasteiger partial charge is 0.407 e. The van der Waals surface area contributed by atoms with Crippen molar-refractivity contribution < 1.29 is 24.2 Å². The average molecular weight is 477 g/mol. The van der Waals surface area contributed by atoms with E-state index in [2.05, 4.69) is 29.6 Å². The van der Waals surface area contributed by atoms with Crippen molar-refractivity contribution in [1.29, 1.82) is 0 Å². The van der Waals surface area contributed by atoms with E-state index < -0.39 is 23.5 Å². The van der Waals surface area contributed by atoms with E-state index in [1.165, 1.54) is 16.0 Å². The molecule has 0 aromatic heterocycles. The van der Waals surface area contributed by atoms with Crippen molar-refractivity contribution in [2.75, 3.05) is 13.2 Å². The number of carbonyl (C=O) groups excluding carboxylic acids is 2. The monoisotopic (exact) mass is 476 g/mol. The van der Waals surface area contributed by atoms with E-state index >= 15 is 0 Å². The second kappa shape index (κ2) is 9.36. The second-order valence-electron chi connectivity index (χ2n) is 10.2. The maximum atomic E-state index is 13.5. The van der Waals surface area contributed by atoms with Crippen molar-refractivity contribution in [1.82, 2.24) is 10.2 Å². The van der Waals surface area contributed by atoms with Gasteiger partial charge in [0.25, 0.3) is 0 Å². The fourth-order valence-corrected chi connectivity index (χ4v) is 6.20. The number of nitrogens with one attached hydrogen (secondary N) is 1. The van der Waals surface area contributed by atoms with Gasteiger partial charge in [0, 0.05) is 18.5 Å². The molecule has 184 valence electrons. The third kappa shape index (κ3) is 4.17. The van der Waals surface area contributed by atoms with Gasteiger partial charge in [-0.15, -0.1) is 0 Å². The van der Waals surface area contributed by atoms with Crippen molar-refractivity contribution >= 4 is 18.0 Å². The summed E-state index contributed by atoms with van der Waals surface area (Å²) in [6.07, 6.45) is 3.62. The zero-order valence-electron chi connectivity index (χ0n) is 20.0. The number of aliphatic carboxylic acids is 1. The number of hydrogen-bond acceptors (Lipinski definition) is 4. The third-order valence-corrected chi connectivity index (χ3v) is 8.13. The minimum absolute atomic E-state index is 0.0329. The Bertz CT molecular complexity index is 1100. The standard InChI is InChI=1S/C28H32N2O5/c1-28(26(33)30-16-7-6-13-23(30)25(31)32)15-8-14-24(28)29-27(34)35-17-22-20-11-4-2-9-18(20)19-10-3-5-12-21(19)22/h2-5,9-12,22-24H,6-8,13-17H2,1H3,(H,29,34)(H,31,32)/t23-,24?,28?/m0/s1. The van der Waals surface area contributed by atoms with Crippen LogP contribution in [0.1, 0.15) is 62.5 Å². The highest BCUT2D eigenvalue weighted by atomic mass is 16.5. The van der Waals surface area contributed by atoms with E-state index in [0.29, 0.717) is 25.8 Å². The third-order valence-electron chi connectivity index (χ3n) is 8.13. The predicted molar refractivity (Wildman–Crippen MR) is 131 cm³/mol. The molecule has 1 aliphatic heterocycles. The maximum Gasteiger partial charge on any atom is 0.407 e. The van der Waals surface area contributed by atoms with Crippen molar-refractivity contribution in [3.8, 4) is 11.1 Å². The van der Waals surface area contributed by atoms with Crippen molar-refractivity contribution in [3.05, 3.63) is 59.7 Å². The molecule has 0 radical (unpaired) electrons. The number of carboxylic acids is 1. The number of piperidine rings is 1. The molecule has 2 aromatic carbocycles. The first kappa shape index (κ1) is 23.4. The van der Waals surface area contributed by atoms with Gasteiger partial charge in [-0.3, -0.25) is 4.79 Å². The molecule has 7 nitrogen and oxygen atoms in total. The zero-order valence-corrected chi connectivity index (χ0v) is 20.0.